The minimum absolute atomic E-state index is 0.476. The van der Waals surface area contributed by atoms with Gasteiger partial charge in [0.1, 0.15) is 0 Å². The molecule has 0 aromatic heterocycles. The number of rotatable bonds is 2. The third kappa shape index (κ3) is 1.98. The van der Waals surface area contributed by atoms with E-state index in [1.807, 2.05) is 0 Å². The Kier molecular flexibility index (Phi) is 3.64. The first-order valence-corrected chi connectivity index (χ1v) is 8.86. The maximum absolute atomic E-state index is 6.93. The molecule has 0 fully saturated rings. The molecule has 0 radical (unpaired) electrons. The Morgan fingerprint density at radius 1 is 1.17 bits per heavy atom. The molecular formula is C19H21BrN2O2. The van der Waals surface area contributed by atoms with E-state index in [4.69, 9.17) is 15.2 Å². The SMILES string of the molecule is COc1c(Br)cc2c(c1OC)-c1cccc3c1C(N)(C2)N(C)CC3. The Morgan fingerprint density at radius 2 is 1.92 bits per heavy atom. The molecule has 24 heavy (non-hydrogen) atoms. The molecule has 0 bridgehead atoms. The zero-order valence-electron chi connectivity index (χ0n) is 14.1. The monoisotopic (exact) mass is 388 g/mol. The van der Waals surface area contributed by atoms with Gasteiger partial charge in [0.25, 0.3) is 0 Å². The summed E-state index contributed by atoms with van der Waals surface area (Å²) in [5, 5.41) is 0. The smallest absolute Gasteiger partial charge is 0.175 e. The highest BCUT2D eigenvalue weighted by molar-refractivity contribution is 9.10. The summed E-state index contributed by atoms with van der Waals surface area (Å²) in [7, 11) is 5.47. The number of hydrogen-bond acceptors (Lipinski definition) is 4. The zero-order chi connectivity index (χ0) is 17.1. The van der Waals surface area contributed by atoms with E-state index in [1.165, 1.54) is 16.7 Å². The van der Waals surface area contributed by atoms with Crippen molar-refractivity contribution in [3.8, 4) is 22.6 Å². The molecule has 1 atom stereocenters. The van der Waals surface area contributed by atoms with Crippen molar-refractivity contribution >= 4 is 15.9 Å². The topological polar surface area (TPSA) is 47.7 Å². The standard InChI is InChI=1S/C19H21BrN2O2/c1-22-8-7-11-5-4-6-13-15-12(10-19(22,21)16(11)13)9-14(20)17(23-2)18(15)24-3/h4-6,9H,7-8,10,21H2,1-3H3. The minimum atomic E-state index is -0.476. The number of nitrogens with zero attached hydrogens (tertiary/aromatic N) is 1. The molecule has 5 heteroatoms. The molecule has 126 valence electrons. The summed E-state index contributed by atoms with van der Waals surface area (Å²) < 4.78 is 12.2. The summed E-state index contributed by atoms with van der Waals surface area (Å²) in [5.74, 6) is 1.49. The number of nitrogens with two attached hydrogens (primary N) is 1. The first-order chi connectivity index (χ1) is 11.5. The van der Waals surface area contributed by atoms with Crippen LogP contribution < -0.4 is 15.2 Å². The van der Waals surface area contributed by atoms with Crippen LogP contribution in [0.5, 0.6) is 11.5 Å². The molecule has 2 N–H and O–H groups in total. The van der Waals surface area contributed by atoms with E-state index in [0.29, 0.717) is 0 Å². The number of likely N-dealkylation sites (N-methyl/N-ethyl adjacent to an activating group) is 1. The molecule has 2 aliphatic rings. The summed E-state index contributed by atoms with van der Waals surface area (Å²) in [5.41, 5.74) is 12.5. The van der Waals surface area contributed by atoms with Crippen LogP contribution in [0.1, 0.15) is 16.7 Å². The van der Waals surface area contributed by atoms with Crippen LogP contribution in [0.3, 0.4) is 0 Å². The first kappa shape index (κ1) is 15.9. The highest BCUT2D eigenvalue weighted by Crippen LogP contribution is 2.53. The zero-order valence-corrected chi connectivity index (χ0v) is 15.7. The normalized spacial score (nSPS) is 21.9. The van der Waals surface area contributed by atoms with Gasteiger partial charge in [-0.3, -0.25) is 4.90 Å². The first-order valence-electron chi connectivity index (χ1n) is 8.07. The van der Waals surface area contributed by atoms with Gasteiger partial charge in [-0.05, 0) is 57.7 Å². The van der Waals surface area contributed by atoms with Crippen LogP contribution in [0.15, 0.2) is 28.7 Å². The number of hydrogen-bond donors (Lipinski definition) is 1. The number of ether oxygens (including phenoxy) is 2. The van der Waals surface area contributed by atoms with Gasteiger partial charge < -0.3 is 15.2 Å². The summed E-state index contributed by atoms with van der Waals surface area (Å²) in [6.45, 7) is 0.969. The van der Waals surface area contributed by atoms with E-state index in [9.17, 15) is 0 Å². The molecule has 0 spiro atoms. The van der Waals surface area contributed by atoms with Gasteiger partial charge >= 0.3 is 0 Å². The number of methoxy groups -OCH3 is 2. The lowest BCUT2D eigenvalue weighted by molar-refractivity contribution is 0.109. The van der Waals surface area contributed by atoms with Crippen molar-refractivity contribution in [3.63, 3.8) is 0 Å². The lowest BCUT2D eigenvalue weighted by Crippen LogP contribution is -2.57. The Balaban J connectivity index is 2.10. The predicted octanol–water partition coefficient (Wildman–Crippen LogP) is 3.29. The molecule has 1 aliphatic heterocycles. The van der Waals surface area contributed by atoms with Gasteiger partial charge in [0, 0.05) is 18.5 Å². The molecule has 1 unspecified atom stereocenters. The van der Waals surface area contributed by atoms with E-state index in [1.54, 1.807) is 14.2 Å². The van der Waals surface area contributed by atoms with Gasteiger partial charge in [-0.15, -0.1) is 0 Å². The second-order valence-electron chi connectivity index (χ2n) is 6.57. The van der Waals surface area contributed by atoms with Crippen LogP contribution in [-0.4, -0.2) is 32.7 Å². The Hall–Kier alpha value is -1.56. The van der Waals surface area contributed by atoms with E-state index >= 15 is 0 Å². The van der Waals surface area contributed by atoms with Gasteiger partial charge in [0.2, 0.25) is 0 Å². The molecule has 2 aromatic carbocycles. The van der Waals surface area contributed by atoms with Crippen LogP contribution in [0.4, 0.5) is 0 Å². The number of halogens is 1. The molecule has 1 aliphatic carbocycles. The fourth-order valence-corrected chi connectivity index (χ4v) is 4.82. The number of benzene rings is 2. The van der Waals surface area contributed by atoms with Crippen molar-refractivity contribution in [2.24, 2.45) is 5.73 Å². The third-order valence-electron chi connectivity index (χ3n) is 5.39. The van der Waals surface area contributed by atoms with E-state index in [0.717, 1.165) is 46.5 Å². The van der Waals surface area contributed by atoms with Crippen LogP contribution in [0.2, 0.25) is 0 Å². The van der Waals surface area contributed by atoms with Crippen molar-refractivity contribution in [3.05, 3.63) is 45.4 Å². The second-order valence-corrected chi connectivity index (χ2v) is 7.43. The van der Waals surface area contributed by atoms with Crippen molar-refractivity contribution in [1.82, 2.24) is 4.90 Å². The highest BCUT2D eigenvalue weighted by atomic mass is 79.9. The van der Waals surface area contributed by atoms with E-state index in [2.05, 4.69) is 52.1 Å². The quantitative estimate of drug-likeness (QED) is 0.857. The lowest BCUT2D eigenvalue weighted by Gasteiger charge is -2.48. The van der Waals surface area contributed by atoms with Crippen LogP contribution in [0, 0.1) is 0 Å². The van der Waals surface area contributed by atoms with Crippen LogP contribution in [0.25, 0.3) is 11.1 Å². The molecule has 0 saturated carbocycles. The summed E-state index contributed by atoms with van der Waals surface area (Å²) >= 11 is 3.61. The average Bonchev–Trinajstić information content (AvgIpc) is 2.57. The predicted molar refractivity (Wildman–Crippen MR) is 98.6 cm³/mol. The Morgan fingerprint density at radius 3 is 2.62 bits per heavy atom. The summed E-state index contributed by atoms with van der Waals surface area (Å²) in [4.78, 5) is 2.27. The van der Waals surface area contributed by atoms with Crippen LogP contribution >= 0.6 is 15.9 Å². The average molecular weight is 389 g/mol. The molecule has 4 nitrogen and oxygen atoms in total. The summed E-state index contributed by atoms with van der Waals surface area (Å²) in [6, 6.07) is 8.57. The van der Waals surface area contributed by atoms with Crippen molar-refractivity contribution in [2.45, 2.75) is 18.5 Å². The minimum Gasteiger partial charge on any atom is -0.492 e. The van der Waals surface area contributed by atoms with Gasteiger partial charge in [0.15, 0.2) is 11.5 Å². The fourth-order valence-electron chi connectivity index (χ4n) is 4.20. The molecule has 1 heterocycles. The molecular weight excluding hydrogens is 368 g/mol. The Labute approximate surface area is 150 Å². The Bertz CT molecular complexity index is 837. The lowest BCUT2D eigenvalue weighted by atomic mass is 9.73. The van der Waals surface area contributed by atoms with Crippen molar-refractivity contribution in [2.75, 3.05) is 27.8 Å². The molecule has 0 saturated heterocycles. The van der Waals surface area contributed by atoms with Gasteiger partial charge in [-0.2, -0.15) is 0 Å². The second kappa shape index (κ2) is 5.48. The molecule has 4 rings (SSSR count). The molecule has 2 aromatic rings. The van der Waals surface area contributed by atoms with Gasteiger partial charge in [-0.25, -0.2) is 0 Å². The van der Waals surface area contributed by atoms with Crippen molar-refractivity contribution < 1.29 is 9.47 Å². The largest absolute Gasteiger partial charge is 0.492 e. The van der Waals surface area contributed by atoms with Gasteiger partial charge in [-0.1, -0.05) is 18.2 Å². The van der Waals surface area contributed by atoms with Gasteiger partial charge in [0.05, 0.1) is 24.4 Å². The molecule has 0 amide bonds. The van der Waals surface area contributed by atoms with Crippen LogP contribution in [-0.2, 0) is 18.5 Å². The maximum atomic E-state index is 6.93. The van der Waals surface area contributed by atoms with Crippen molar-refractivity contribution in [1.29, 1.82) is 0 Å². The maximum Gasteiger partial charge on any atom is 0.175 e. The van der Waals surface area contributed by atoms with E-state index < -0.39 is 5.66 Å². The van der Waals surface area contributed by atoms with E-state index in [-0.39, 0.29) is 0 Å². The number of fused-ring (bicyclic) bond motifs is 2. The summed E-state index contributed by atoms with van der Waals surface area (Å²) in [6.07, 6.45) is 1.77. The highest BCUT2D eigenvalue weighted by Gasteiger charge is 2.44. The third-order valence-corrected chi connectivity index (χ3v) is 5.98. The fraction of sp³-hybridized carbons (Fsp3) is 0.368.